The van der Waals surface area contributed by atoms with Crippen LogP contribution in [0.4, 0.5) is 0 Å². The van der Waals surface area contributed by atoms with Crippen molar-refractivity contribution < 1.29 is 28.4 Å². The lowest BCUT2D eigenvalue weighted by Crippen LogP contribution is -2.54. The molecule has 1 saturated heterocycles. The number of fused-ring (bicyclic) bond motifs is 3. The van der Waals surface area contributed by atoms with Crippen LogP contribution in [-0.2, 0) is 32.7 Å². The molecule has 2 fully saturated rings. The molecule has 1 spiro atoms. The Morgan fingerprint density at radius 2 is 1.86 bits per heavy atom. The lowest BCUT2D eigenvalue weighted by atomic mass is 9.54. The highest BCUT2D eigenvalue weighted by molar-refractivity contribution is 14.1. The summed E-state index contributed by atoms with van der Waals surface area (Å²) in [7, 11) is 3.24. The molecule has 2 aliphatic heterocycles. The normalized spacial score (nSPS) is 27.3. The molecule has 0 radical (unpaired) electrons. The van der Waals surface area contributed by atoms with Gasteiger partial charge in [0.15, 0.2) is 17.3 Å². The molecule has 2 aliphatic carbocycles. The SMILES string of the molecule is COc1ccc(COc2cc3c(cc2I)CC2OC=C4C2C3(C#N)CCC42OCCO2)cc1OC. The lowest BCUT2D eigenvalue weighted by molar-refractivity contribution is -0.154. The summed E-state index contributed by atoms with van der Waals surface area (Å²) in [5.41, 5.74) is 3.43. The predicted molar refractivity (Wildman–Crippen MR) is 134 cm³/mol. The zero-order valence-corrected chi connectivity index (χ0v) is 21.8. The van der Waals surface area contributed by atoms with Crippen molar-refractivity contribution in [3.8, 4) is 23.3 Å². The first-order chi connectivity index (χ1) is 17.0. The van der Waals surface area contributed by atoms with E-state index in [0.717, 1.165) is 38.0 Å². The van der Waals surface area contributed by atoms with Gasteiger partial charge in [0.2, 0.25) is 0 Å². The second kappa shape index (κ2) is 8.57. The predicted octanol–water partition coefficient (Wildman–Crippen LogP) is 4.64. The third-order valence-electron chi connectivity index (χ3n) is 7.75. The molecule has 3 atom stereocenters. The summed E-state index contributed by atoms with van der Waals surface area (Å²) < 4.78 is 36.3. The maximum atomic E-state index is 10.6. The lowest BCUT2D eigenvalue weighted by Gasteiger charge is -2.49. The second-order valence-corrected chi connectivity index (χ2v) is 10.5. The molecule has 182 valence electrons. The van der Waals surface area contributed by atoms with Crippen LogP contribution in [0.2, 0.25) is 0 Å². The minimum absolute atomic E-state index is 0.0866. The highest BCUT2D eigenvalue weighted by Gasteiger charge is 2.63. The van der Waals surface area contributed by atoms with Gasteiger partial charge >= 0.3 is 0 Å². The van der Waals surface area contributed by atoms with Crippen molar-refractivity contribution >= 4 is 22.6 Å². The molecule has 2 aromatic carbocycles. The number of nitriles is 1. The Morgan fingerprint density at radius 1 is 1.06 bits per heavy atom. The standard InChI is InChI=1S/C27H26INO6/c1-30-21-4-3-16(9-23(21)31-2)13-32-22-12-18-17(10-20(22)28)11-24-25-19(14-33-24)27(34-7-8-35-27)6-5-26(18,25)15-29/h3-4,9-10,12,14,24-25H,5-8,11,13H2,1-2H3. The van der Waals surface area contributed by atoms with Crippen molar-refractivity contribution in [3.63, 3.8) is 0 Å². The van der Waals surface area contributed by atoms with Crippen molar-refractivity contribution in [1.82, 2.24) is 0 Å². The average Bonchev–Trinajstić information content (AvgIpc) is 3.53. The van der Waals surface area contributed by atoms with Crippen molar-refractivity contribution in [2.45, 2.75) is 43.2 Å². The largest absolute Gasteiger partial charge is 0.497 e. The van der Waals surface area contributed by atoms with Crippen LogP contribution < -0.4 is 14.2 Å². The smallest absolute Gasteiger partial charge is 0.194 e. The van der Waals surface area contributed by atoms with E-state index in [2.05, 4.69) is 40.8 Å². The summed E-state index contributed by atoms with van der Waals surface area (Å²) in [4.78, 5) is 0. The fourth-order valence-corrected chi connectivity index (χ4v) is 6.83. The zero-order chi connectivity index (χ0) is 24.2. The Balaban J connectivity index is 1.33. The molecule has 2 aromatic rings. The third kappa shape index (κ3) is 3.43. The van der Waals surface area contributed by atoms with E-state index in [1.54, 1.807) is 20.5 Å². The monoisotopic (exact) mass is 587 g/mol. The highest BCUT2D eigenvalue weighted by Crippen LogP contribution is 2.60. The van der Waals surface area contributed by atoms with E-state index in [1.165, 1.54) is 0 Å². The molecular formula is C27H26INO6. The van der Waals surface area contributed by atoms with E-state index in [0.29, 0.717) is 44.2 Å². The van der Waals surface area contributed by atoms with Crippen LogP contribution in [0.1, 0.15) is 29.5 Å². The van der Waals surface area contributed by atoms with Gasteiger partial charge in [-0.1, -0.05) is 6.07 Å². The number of hydrogen-bond acceptors (Lipinski definition) is 7. The fraction of sp³-hybridized carbons (Fsp3) is 0.444. The first kappa shape index (κ1) is 23.0. The van der Waals surface area contributed by atoms with Crippen LogP contribution >= 0.6 is 22.6 Å². The van der Waals surface area contributed by atoms with Gasteiger partial charge in [-0.05, 0) is 70.0 Å². The number of ether oxygens (including phenoxy) is 6. The molecule has 0 aromatic heterocycles. The molecule has 0 bridgehead atoms. The summed E-state index contributed by atoms with van der Waals surface area (Å²) in [5.74, 6) is 1.28. The molecule has 35 heavy (non-hydrogen) atoms. The molecule has 3 unspecified atom stereocenters. The van der Waals surface area contributed by atoms with Gasteiger partial charge in [0.1, 0.15) is 18.5 Å². The summed E-state index contributed by atoms with van der Waals surface area (Å²) in [6, 6.07) is 12.7. The van der Waals surface area contributed by atoms with Crippen LogP contribution in [0, 0.1) is 20.8 Å². The van der Waals surface area contributed by atoms with E-state index in [9.17, 15) is 5.26 Å². The van der Waals surface area contributed by atoms with E-state index in [1.807, 2.05) is 18.2 Å². The van der Waals surface area contributed by atoms with Gasteiger partial charge in [-0.15, -0.1) is 0 Å². The number of benzene rings is 2. The van der Waals surface area contributed by atoms with E-state index >= 15 is 0 Å². The minimum atomic E-state index is -0.743. The van der Waals surface area contributed by atoms with Gasteiger partial charge < -0.3 is 28.4 Å². The summed E-state index contributed by atoms with van der Waals surface area (Å²) in [6.45, 7) is 1.51. The van der Waals surface area contributed by atoms with Gasteiger partial charge in [0.25, 0.3) is 0 Å². The van der Waals surface area contributed by atoms with Crippen molar-refractivity contribution in [2.75, 3.05) is 27.4 Å². The van der Waals surface area contributed by atoms with Crippen molar-refractivity contribution in [2.24, 2.45) is 5.92 Å². The highest BCUT2D eigenvalue weighted by atomic mass is 127. The van der Waals surface area contributed by atoms with E-state index in [-0.39, 0.29) is 12.0 Å². The molecule has 0 amide bonds. The van der Waals surface area contributed by atoms with Gasteiger partial charge in [-0.3, -0.25) is 0 Å². The molecule has 1 saturated carbocycles. The molecule has 7 nitrogen and oxygen atoms in total. The molecule has 0 N–H and O–H groups in total. The molecule has 6 rings (SSSR count). The van der Waals surface area contributed by atoms with Gasteiger partial charge in [-0.2, -0.15) is 5.26 Å². The molecule has 2 heterocycles. The molecule has 4 aliphatic rings. The number of hydrogen-bond donors (Lipinski definition) is 0. The maximum absolute atomic E-state index is 10.6. The van der Waals surface area contributed by atoms with Crippen LogP contribution in [-0.4, -0.2) is 39.3 Å². The molecule has 8 heteroatoms. The average molecular weight is 587 g/mol. The Labute approximate surface area is 218 Å². The summed E-state index contributed by atoms with van der Waals surface area (Å²) >= 11 is 2.31. The van der Waals surface area contributed by atoms with Gasteiger partial charge in [0, 0.05) is 24.3 Å². The maximum Gasteiger partial charge on any atom is 0.194 e. The Morgan fingerprint density at radius 3 is 2.60 bits per heavy atom. The first-order valence-electron chi connectivity index (χ1n) is 11.8. The van der Waals surface area contributed by atoms with E-state index < -0.39 is 11.2 Å². The summed E-state index contributed by atoms with van der Waals surface area (Å²) in [5, 5.41) is 10.6. The van der Waals surface area contributed by atoms with Crippen molar-refractivity contribution in [1.29, 1.82) is 5.26 Å². The minimum Gasteiger partial charge on any atom is -0.497 e. The van der Waals surface area contributed by atoms with E-state index in [4.69, 9.17) is 28.4 Å². The van der Waals surface area contributed by atoms with Crippen LogP contribution in [0.25, 0.3) is 0 Å². The number of nitrogens with zero attached hydrogens (tertiary/aromatic N) is 1. The zero-order valence-electron chi connectivity index (χ0n) is 19.6. The topological polar surface area (TPSA) is 79.2 Å². The Kier molecular flexibility index (Phi) is 5.62. The third-order valence-corrected chi connectivity index (χ3v) is 8.59. The Hall–Kier alpha value is -2.48. The van der Waals surface area contributed by atoms with Crippen LogP contribution in [0.3, 0.4) is 0 Å². The van der Waals surface area contributed by atoms with Crippen molar-refractivity contribution in [3.05, 3.63) is 62.4 Å². The number of methoxy groups -OCH3 is 2. The number of halogens is 1. The fourth-order valence-electron chi connectivity index (χ4n) is 6.14. The van der Waals surface area contributed by atoms with Gasteiger partial charge in [-0.25, -0.2) is 0 Å². The number of rotatable bonds is 5. The quantitative estimate of drug-likeness (QED) is 0.472. The second-order valence-electron chi connectivity index (χ2n) is 9.38. The van der Waals surface area contributed by atoms with Crippen LogP contribution in [0.15, 0.2) is 42.2 Å². The summed E-state index contributed by atoms with van der Waals surface area (Å²) in [6.07, 6.45) is 3.74. The van der Waals surface area contributed by atoms with Crippen LogP contribution in [0.5, 0.6) is 17.2 Å². The Bertz CT molecular complexity index is 1250. The van der Waals surface area contributed by atoms with Gasteiger partial charge in [0.05, 0.1) is 48.7 Å². The first-order valence-corrected chi connectivity index (χ1v) is 12.8. The molecular weight excluding hydrogens is 561 g/mol.